The molecule has 0 aliphatic heterocycles. The van der Waals surface area contributed by atoms with Crippen LogP contribution in [0.25, 0.3) is 0 Å². The molecular weight excluding hydrogens is 318 g/mol. The third-order valence-corrected chi connectivity index (χ3v) is 5.13. The number of nitrogens with zero attached hydrogens (tertiary/aromatic N) is 1. The van der Waals surface area contributed by atoms with Gasteiger partial charge in [-0.15, -0.1) is 0 Å². The van der Waals surface area contributed by atoms with E-state index >= 15 is 0 Å². The summed E-state index contributed by atoms with van der Waals surface area (Å²) >= 11 is 0. The van der Waals surface area contributed by atoms with E-state index in [4.69, 9.17) is 0 Å². The Balaban J connectivity index is 1.74. The van der Waals surface area contributed by atoms with Crippen molar-refractivity contribution >= 4 is 16.8 Å². The van der Waals surface area contributed by atoms with Gasteiger partial charge in [0.05, 0.1) is 10.8 Å². The first-order valence-corrected chi connectivity index (χ1v) is 9.45. The predicted octanol–water partition coefficient (Wildman–Crippen LogP) is 2.76. The van der Waals surface area contributed by atoms with Crippen LogP contribution in [0.5, 0.6) is 0 Å². The highest BCUT2D eigenvalue weighted by atomic mass is 32.2. The average Bonchev–Trinajstić information content (AvgIpc) is 2.65. The second-order valence-electron chi connectivity index (χ2n) is 5.55. The fraction of sp³-hybridized carbons (Fsp3) is 0.316. The van der Waals surface area contributed by atoms with Gasteiger partial charge in [-0.25, -0.2) is 0 Å². The first kappa shape index (κ1) is 18.2. The third-order valence-electron chi connectivity index (χ3n) is 3.75. The Morgan fingerprint density at radius 1 is 1.04 bits per heavy atom. The van der Waals surface area contributed by atoms with Gasteiger partial charge in [0.2, 0.25) is 0 Å². The Kier molecular flexibility index (Phi) is 7.49. The maximum absolute atomic E-state index is 12.2. The van der Waals surface area contributed by atoms with E-state index in [0.717, 1.165) is 17.4 Å². The normalized spacial score (nSPS) is 14.0. The molecule has 0 aromatic heterocycles. The summed E-state index contributed by atoms with van der Waals surface area (Å²) in [6.45, 7) is 3.59. The topological polar surface area (TPSA) is 53.5 Å². The molecule has 2 N–H and O–H groups in total. The molecule has 0 saturated carbocycles. The zero-order valence-corrected chi connectivity index (χ0v) is 15.1. The Morgan fingerprint density at radius 2 is 1.67 bits per heavy atom. The maximum atomic E-state index is 12.2. The largest absolute Gasteiger partial charge is 0.356 e. The molecule has 24 heavy (non-hydrogen) atoms. The van der Waals surface area contributed by atoms with Gasteiger partial charge in [0, 0.05) is 30.8 Å². The predicted molar refractivity (Wildman–Crippen MR) is 102 cm³/mol. The van der Waals surface area contributed by atoms with Crippen molar-refractivity contribution in [2.75, 3.05) is 25.9 Å². The molecule has 4 nitrogen and oxygen atoms in total. The lowest BCUT2D eigenvalue weighted by Gasteiger charge is -2.16. The fourth-order valence-electron chi connectivity index (χ4n) is 2.32. The van der Waals surface area contributed by atoms with E-state index in [1.54, 1.807) is 7.05 Å². The second-order valence-corrected chi connectivity index (χ2v) is 7.13. The van der Waals surface area contributed by atoms with Crippen LogP contribution in [0.15, 0.2) is 70.6 Å². The fourth-order valence-corrected chi connectivity index (χ4v) is 3.31. The quantitative estimate of drug-likeness (QED) is 0.600. The van der Waals surface area contributed by atoms with Crippen molar-refractivity contribution in [2.24, 2.45) is 4.99 Å². The molecular formula is C19H25N3OS. The minimum Gasteiger partial charge on any atom is -0.356 e. The zero-order chi connectivity index (χ0) is 17.2. The molecule has 0 heterocycles. The van der Waals surface area contributed by atoms with E-state index in [-0.39, 0.29) is 0 Å². The van der Waals surface area contributed by atoms with Crippen molar-refractivity contribution in [1.82, 2.24) is 10.6 Å². The molecule has 2 atom stereocenters. The Hall–Kier alpha value is -2.14. The Morgan fingerprint density at radius 3 is 2.29 bits per heavy atom. The van der Waals surface area contributed by atoms with Gasteiger partial charge in [0.15, 0.2) is 5.96 Å². The van der Waals surface area contributed by atoms with Crippen LogP contribution in [-0.2, 0) is 10.8 Å². The van der Waals surface area contributed by atoms with Crippen molar-refractivity contribution in [3.8, 4) is 0 Å². The molecule has 2 aromatic carbocycles. The number of rotatable bonds is 7. The van der Waals surface area contributed by atoms with Gasteiger partial charge < -0.3 is 10.6 Å². The number of aliphatic imine (C=N–C) groups is 1. The molecule has 0 radical (unpaired) electrons. The summed E-state index contributed by atoms with van der Waals surface area (Å²) in [5.41, 5.74) is 1.30. The molecule has 128 valence electrons. The number of hydrogen-bond acceptors (Lipinski definition) is 2. The summed E-state index contributed by atoms with van der Waals surface area (Å²) in [5.74, 6) is 1.69. The van der Waals surface area contributed by atoms with Crippen molar-refractivity contribution in [2.45, 2.75) is 17.7 Å². The van der Waals surface area contributed by atoms with Crippen LogP contribution in [0.2, 0.25) is 0 Å². The van der Waals surface area contributed by atoms with Gasteiger partial charge in [-0.3, -0.25) is 9.20 Å². The van der Waals surface area contributed by atoms with Gasteiger partial charge in [0.1, 0.15) is 0 Å². The molecule has 2 unspecified atom stereocenters. The first-order chi connectivity index (χ1) is 11.7. The molecule has 2 aromatic rings. The average molecular weight is 343 g/mol. The van der Waals surface area contributed by atoms with Crippen molar-refractivity contribution < 1.29 is 4.21 Å². The Labute approximate surface area is 146 Å². The monoisotopic (exact) mass is 343 g/mol. The molecule has 2 rings (SSSR count). The summed E-state index contributed by atoms with van der Waals surface area (Å²) in [7, 11) is 0.757. The van der Waals surface area contributed by atoms with Crippen LogP contribution < -0.4 is 10.6 Å². The molecule has 0 aliphatic carbocycles. The summed E-state index contributed by atoms with van der Waals surface area (Å²) in [6.07, 6.45) is 0. The van der Waals surface area contributed by atoms with Crippen LogP contribution in [0, 0.1) is 0 Å². The SMILES string of the molecule is CN=C(NCCS(=O)c1ccccc1)NCC(C)c1ccccc1. The van der Waals surface area contributed by atoms with Crippen LogP contribution in [-0.4, -0.2) is 36.1 Å². The second kappa shape index (κ2) is 9.88. The summed E-state index contributed by atoms with van der Waals surface area (Å²) in [4.78, 5) is 5.08. The van der Waals surface area contributed by atoms with Crippen molar-refractivity contribution in [3.05, 3.63) is 66.2 Å². The number of nitrogens with one attached hydrogen (secondary N) is 2. The molecule has 0 spiro atoms. The third kappa shape index (κ3) is 5.81. The molecule has 0 aliphatic rings. The molecule has 5 heteroatoms. The Bertz CT molecular complexity index is 659. The van der Waals surface area contributed by atoms with E-state index < -0.39 is 10.8 Å². The summed E-state index contributed by atoms with van der Waals surface area (Å²) < 4.78 is 12.2. The van der Waals surface area contributed by atoms with E-state index in [9.17, 15) is 4.21 Å². The minimum absolute atomic E-state index is 0.392. The molecule has 0 amide bonds. The number of guanidine groups is 1. The van der Waals surface area contributed by atoms with Gasteiger partial charge in [-0.2, -0.15) is 0 Å². The number of benzene rings is 2. The van der Waals surface area contributed by atoms with E-state index in [0.29, 0.717) is 18.2 Å². The summed E-state index contributed by atoms with van der Waals surface area (Å²) in [5, 5.41) is 6.54. The summed E-state index contributed by atoms with van der Waals surface area (Å²) in [6, 6.07) is 19.9. The highest BCUT2D eigenvalue weighted by Crippen LogP contribution is 2.12. The van der Waals surface area contributed by atoms with Crippen LogP contribution in [0.1, 0.15) is 18.4 Å². The molecule has 0 bridgehead atoms. The minimum atomic E-state index is -0.990. The lowest BCUT2D eigenvalue weighted by Crippen LogP contribution is -2.40. The maximum Gasteiger partial charge on any atom is 0.191 e. The first-order valence-electron chi connectivity index (χ1n) is 8.13. The van der Waals surface area contributed by atoms with Crippen LogP contribution in [0.3, 0.4) is 0 Å². The number of hydrogen-bond donors (Lipinski definition) is 2. The highest BCUT2D eigenvalue weighted by Gasteiger charge is 2.07. The van der Waals surface area contributed by atoms with Gasteiger partial charge >= 0.3 is 0 Å². The standard InChI is InChI=1S/C19H25N3OS/c1-16(17-9-5-3-6-10-17)15-22-19(20-2)21-13-14-24(23)18-11-7-4-8-12-18/h3-12,16H,13-15H2,1-2H3,(H2,20,21,22). The smallest absolute Gasteiger partial charge is 0.191 e. The van der Waals surface area contributed by atoms with E-state index in [2.05, 4.69) is 46.8 Å². The van der Waals surface area contributed by atoms with Crippen molar-refractivity contribution in [3.63, 3.8) is 0 Å². The highest BCUT2D eigenvalue weighted by molar-refractivity contribution is 7.85. The lowest BCUT2D eigenvalue weighted by atomic mass is 10.0. The molecule has 0 saturated heterocycles. The van der Waals surface area contributed by atoms with E-state index in [1.165, 1.54) is 5.56 Å². The van der Waals surface area contributed by atoms with Gasteiger partial charge in [0.25, 0.3) is 0 Å². The lowest BCUT2D eigenvalue weighted by molar-refractivity contribution is 0.679. The van der Waals surface area contributed by atoms with Crippen LogP contribution >= 0.6 is 0 Å². The van der Waals surface area contributed by atoms with Gasteiger partial charge in [-0.1, -0.05) is 55.5 Å². The zero-order valence-electron chi connectivity index (χ0n) is 14.2. The van der Waals surface area contributed by atoms with Crippen LogP contribution in [0.4, 0.5) is 0 Å². The van der Waals surface area contributed by atoms with Gasteiger partial charge in [-0.05, 0) is 23.6 Å². The van der Waals surface area contributed by atoms with Crippen molar-refractivity contribution in [1.29, 1.82) is 0 Å². The molecule has 0 fully saturated rings. The van der Waals surface area contributed by atoms with E-state index in [1.807, 2.05) is 36.4 Å².